The lowest BCUT2D eigenvalue weighted by molar-refractivity contribution is -0.119. The van der Waals surface area contributed by atoms with Gasteiger partial charge in [0, 0.05) is 18.7 Å². The summed E-state index contributed by atoms with van der Waals surface area (Å²) in [5.41, 5.74) is 1.18. The Morgan fingerprint density at radius 1 is 1.30 bits per heavy atom. The highest BCUT2D eigenvalue weighted by Gasteiger charge is 2.37. The number of Topliss-reactive ketones (excluding diaryl/α,β-unsaturated/α-hetero) is 1. The molecule has 0 unspecified atom stereocenters. The van der Waals surface area contributed by atoms with Crippen molar-refractivity contribution in [1.29, 1.82) is 0 Å². The SMILES string of the molecule is CCCCC(=O)C[C@H]1Cc2cccc(C(=O)OCC(CC)CC)c2OB1O. The molecule has 5 nitrogen and oxygen atoms in total. The number of hydrogen-bond donors (Lipinski definition) is 1. The maximum absolute atomic E-state index is 12.5. The first-order valence-electron chi connectivity index (χ1n) is 10.1. The number of unbranched alkanes of at least 4 members (excludes halogenated alkanes) is 1. The third-order valence-corrected chi connectivity index (χ3v) is 5.34. The molecule has 1 aliphatic heterocycles. The quantitative estimate of drug-likeness (QED) is 0.491. The van der Waals surface area contributed by atoms with E-state index in [1.165, 1.54) is 0 Å². The van der Waals surface area contributed by atoms with E-state index in [9.17, 15) is 14.6 Å². The Morgan fingerprint density at radius 2 is 2.04 bits per heavy atom. The fourth-order valence-corrected chi connectivity index (χ4v) is 3.38. The number of rotatable bonds is 10. The number of benzene rings is 1. The molecule has 1 aromatic carbocycles. The topological polar surface area (TPSA) is 72.8 Å². The first kappa shape index (κ1) is 21.5. The van der Waals surface area contributed by atoms with Crippen molar-refractivity contribution in [3.8, 4) is 5.75 Å². The van der Waals surface area contributed by atoms with Gasteiger partial charge in [0.05, 0.1) is 6.61 Å². The standard InChI is InChI=1S/C21H31BO5/c1-4-7-10-18(23)13-17-12-16-9-8-11-19(20(16)27-22(17)25)21(24)26-14-15(5-2)6-3/h8-9,11,15,17,25H,4-7,10,12-14H2,1-3H3/t17-/m1/s1. The molecule has 0 radical (unpaired) electrons. The highest BCUT2D eigenvalue weighted by molar-refractivity contribution is 6.47. The molecule has 1 N–H and O–H groups in total. The molecular weight excluding hydrogens is 343 g/mol. The van der Waals surface area contributed by atoms with Crippen LogP contribution in [0.4, 0.5) is 0 Å². The number of para-hydroxylation sites is 1. The van der Waals surface area contributed by atoms with Crippen LogP contribution in [-0.4, -0.2) is 30.5 Å². The summed E-state index contributed by atoms with van der Waals surface area (Å²) in [5, 5.41) is 10.4. The van der Waals surface area contributed by atoms with Crippen LogP contribution < -0.4 is 4.65 Å². The Bertz CT molecular complexity index is 641. The summed E-state index contributed by atoms with van der Waals surface area (Å²) in [7, 11) is -1.09. The van der Waals surface area contributed by atoms with Gasteiger partial charge >= 0.3 is 13.1 Å². The Hall–Kier alpha value is -1.82. The van der Waals surface area contributed by atoms with E-state index in [4.69, 9.17) is 9.39 Å². The minimum absolute atomic E-state index is 0.147. The molecule has 6 heteroatoms. The first-order valence-corrected chi connectivity index (χ1v) is 10.1. The molecule has 1 heterocycles. The molecule has 1 atom stereocenters. The fourth-order valence-electron chi connectivity index (χ4n) is 3.38. The predicted molar refractivity (Wildman–Crippen MR) is 106 cm³/mol. The van der Waals surface area contributed by atoms with E-state index in [-0.39, 0.29) is 11.6 Å². The van der Waals surface area contributed by atoms with Crippen LogP contribution in [-0.2, 0) is 16.0 Å². The Labute approximate surface area is 162 Å². The lowest BCUT2D eigenvalue weighted by Gasteiger charge is -2.28. The summed E-state index contributed by atoms with van der Waals surface area (Å²) < 4.78 is 11.1. The summed E-state index contributed by atoms with van der Waals surface area (Å²) >= 11 is 0. The molecule has 0 saturated heterocycles. The van der Waals surface area contributed by atoms with Crippen molar-refractivity contribution in [2.75, 3.05) is 6.61 Å². The molecule has 2 rings (SSSR count). The molecule has 1 aliphatic rings. The monoisotopic (exact) mass is 374 g/mol. The number of esters is 1. The lowest BCUT2D eigenvalue weighted by atomic mass is 9.64. The molecule has 1 aromatic rings. The number of carbonyl (C=O) groups is 2. The van der Waals surface area contributed by atoms with E-state index in [2.05, 4.69) is 13.8 Å². The summed E-state index contributed by atoms with van der Waals surface area (Å²) in [6.45, 7) is 6.58. The Morgan fingerprint density at radius 3 is 2.70 bits per heavy atom. The molecule has 0 aliphatic carbocycles. The van der Waals surface area contributed by atoms with Crippen LogP contribution in [0.15, 0.2) is 18.2 Å². The molecule has 0 bridgehead atoms. The van der Waals surface area contributed by atoms with Crippen LogP contribution in [0.5, 0.6) is 5.75 Å². The molecule has 0 amide bonds. The van der Waals surface area contributed by atoms with Gasteiger partial charge in [-0.25, -0.2) is 4.79 Å². The van der Waals surface area contributed by atoms with E-state index in [1.807, 2.05) is 13.0 Å². The lowest BCUT2D eigenvalue weighted by Crippen LogP contribution is -2.36. The normalized spacial score (nSPS) is 16.0. The van der Waals surface area contributed by atoms with Gasteiger partial charge in [-0.2, -0.15) is 0 Å². The van der Waals surface area contributed by atoms with Gasteiger partial charge in [0.1, 0.15) is 17.1 Å². The summed E-state index contributed by atoms with van der Waals surface area (Å²) in [6.07, 6.45) is 5.10. The summed E-state index contributed by atoms with van der Waals surface area (Å²) in [5.74, 6) is 0.171. The largest absolute Gasteiger partial charge is 0.535 e. The average molecular weight is 374 g/mol. The van der Waals surface area contributed by atoms with Gasteiger partial charge in [-0.15, -0.1) is 0 Å². The second-order valence-corrected chi connectivity index (χ2v) is 7.39. The summed E-state index contributed by atoms with van der Waals surface area (Å²) in [6, 6.07) is 5.33. The van der Waals surface area contributed by atoms with Crippen molar-refractivity contribution in [2.24, 2.45) is 5.92 Å². The van der Waals surface area contributed by atoms with Crippen molar-refractivity contribution in [3.63, 3.8) is 0 Å². The Kier molecular flexibility index (Phi) is 8.36. The number of ether oxygens (including phenoxy) is 1. The van der Waals surface area contributed by atoms with Crippen molar-refractivity contribution in [2.45, 2.75) is 71.5 Å². The zero-order valence-corrected chi connectivity index (χ0v) is 16.7. The highest BCUT2D eigenvalue weighted by atomic mass is 16.5. The van der Waals surface area contributed by atoms with Crippen molar-refractivity contribution < 1.29 is 24.0 Å². The van der Waals surface area contributed by atoms with Crippen LogP contribution >= 0.6 is 0 Å². The van der Waals surface area contributed by atoms with Gasteiger partial charge in [0.25, 0.3) is 0 Å². The van der Waals surface area contributed by atoms with E-state index in [0.717, 1.165) is 31.2 Å². The van der Waals surface area contributed by atoms with E-state index < -0.39 is 13.1 Å². The van der Waals surface area contributed by atoms with Gasteiger partial charge < -0.3 is 14.4 Å². The third kappa shape index (κ3) is 5.83. The molecular formula is C21H31BO5. The number of carbonyl (C=O) groups excluding carboxylic acids is 2. The number of hydrogen-bond acceptors (Lipinski definition) is 5. The average Bonchev–Trinajstić information content (AvgIpc) is 2.67. The van der Waals surface area contributed by atoms with Gasteiger partial charge in [-0.1, -0.05) is 52.2 Å². The fraction of sp³-hybridized carbons (Fsp3) is 0.619. The van der Waals surface area contributed by atoms with Crippen LogP contribution in [0.1, 0.15) is 75.2 Å². The van der Waals surface area contributed by atoms with Gasteiger partial charge in [0.15, 0.2) is 0 Å². The molecule has 27 heavy (non-hydrogen) atoms. The molecule has 0 spiro atoms. The number of ketones is 1. The van der Waals surface area contributed by atoms with Crippen LogP contribution in [0.25, 0.3) is 0 Å². The van der Waals surface area contributed by atoms with Crippen LogP contribution in [0.3, 0.4) is 0 Å². The molecule has 0 saturated carbocycles. The third-order valence-electron chi connectivity index (χ3n) is 5.34. The molecule has 0 fully saturated rings. The smallest absolute Gasteiger partial charge is 0.526 e. The zero-order chi connectivity index (χ0) is 19.8. The first-order chi connectivity index (χ1) is 13.0. The highest BCUT2D eigenvalue weighted by Crippen LogP contribution is 2.36. The molecule has 0 aromatic heterocycles. The van der Waals surface area contributed by atoms with Crippen molar-refractivity contribution >= 4 is 18.9 Å². The second kappa shape index (κ2) is 10.5. The van der Waals surface area contributed by atoms with E-state index >= 15 is 0 Å². The summed E-state index contributed by atoms with van der Waals surface area (Å²) in [4.78, 5) is 24.6. The zero-order valence-electron chi connectivity index (χ0n) is 16.7. The van der Waals surface area contributed by atoms with Gasteiger partial charge in [-0.3, -0.25) is 4.79 Å². The van der Waals surface area contributed by atoms with Gasteiger partial charge in [0.2, 0.25) is 0 Å². The maximum atomic E-state index is 12.5. The van der Waals surface area contributed by atoms with Crippen LogP contribution in [0, 0.1) is 5.92 Å². The second-order valence-electron chi connectivity index (χ2n) is 7.39. The van der Waals surface area contributed by atoms with E-state index in [0.29, 0.717) is 43.1 Å². The van der Waals surface area contributed by atoms with Crippen molar-refractivity contribution in [3.05, 3.63) is 29.3 Å². The Balaban J connectivity index is 2.07. The minimum atomic E-state index is -1.09. The maximum Gasteiger partial charge on any atom is 0.526 e. The molecule has 148 valence electrons. The van der Waals surface area contributed by atoms with Crippen molar-refractivity contribution in [1.82, 2.24) is 0 Å². The predicted octanol–water partition coefficient (Wildman–Crippen LogP) is 4.21. The van der Waals surface area contributed by atoms with E-state index in [1.54, 1.807) is 12.1 Å². The van der Waals surface area contributed by atoms with Crippen LogP contribution in [0.2, 0.25) is 5.82 Å². The number of fused-ring (bicyclic) bond motifs is 1. The van der Waals surface area contributed by atoms with Gasteiger partial charge in [-0.05, 0) is 30.4 Å². The minimum Gasteiger partial charge on any atom is -0.535 e.